The van der Waals surface area contributed by atoms with Gasteiger partial charge in [-0.3, -0.25) is 4.79 Å². The van der Waals surface area contributed by atoms with Crippen LogP contribution in [0.4, 0.5) is 10.5 Å². The van der Waals surface area contributed by atoms with Crippen molar-refractivity contribution in [2.24, 2.45) is 0 Å². The van der Waals surface area contributed by atoms with Gasteiger partial charge in [0, 0.05) is 18.7 Å². The van der Waals surface area contributed by atoms with E-state index >= 15 is 0 Å². The predicted octanol–water partition coefficient (Wildman–Crippen LogP) is 3.55. The Balaban J connectivity index is 2.28. The molecular weight excluding hydrogens is 280 g/mol. The fourth-order valence-corrected chi connectivity index (χ4v) is 2.02. The second kappa shape index (κ2) is 7.82. The molecule has 122 valence electrons. The van der Waals surface area contributed by atoms with Gasteiger partial charge < -0.3 is 15.4 Å². The van der Waals surface area contributed by atoms with Crippen LogP contribution in [0.25, 0.3) is 0 Å². The van der Waals surface area contributed by atoms with Gasteiger partial charge in [0.2, 0.25) is 5.91 Å². The molecule has 0 radical (unpaired) electrons. The monoisotopic (exact) mass is 306 g/mol. The summed E-state index contributed by atoms with van der Waals surface area (Å²) in [7, 11) is 0. The summed E-state index contributed by atoms with van der Waals surface area (Å²) in [5.74, 6) is -0.0593. The summed E-state index contributed by atoms with van der Waals surface area (Å²) in [6.07, 6.45) is 0.459. The first-order chi connectivity index (χ1) is 10.2. The molecule has 0 saturated carbocycles. The van der Waals surface area contributed by atoms with Crippen molar-refractivity contribution in [3.63, 3.8) is 0 Å². The van der Waals surface area contributed by atoms with Crippen LogP contribution in [0.1, 0.15) is 44.7 Å². The first-order valence-electron chi connectivity index (χ1n) is 7.51. The first kappa shape index (κ1) is 18.0. The highest BCUT2D eigenvalue weighted by Crippen LogP contribution is 2.14. The summed E-state index contributed by atoms with van der Waals surface area (Å²) in [4.78, 5) is 23.3. The van der Waals surface area contributed by atoms with Crippen LogP contribution < -0.4 is 10.6 Å². The van der Waals surface area contributed by atoms with Crippen LogP contribution in [0.5, 0.6) is 0 Å². The van der Waals surface area contributed by atoms with Gasteiger partial charge in [0.1, 0.15) is 5.60 Å². The zero-order valence-electron chi connectivity index (χ0n) is 14.1. The maximum absolute atomic E-state index is 11.9. The number of hydrogen-bond donors (Lipinski definition) is 2. The maximum atomic E-state index is 11.9. The van der Waals surface area contributed by atoms with E-state index in [-0.39, 0.29) is 5.91 Å². The van der Waals surface area contributed by atoms with Crippen LogP contribution in [0, 0.1) is 13.8 Å². The van der Waals surface area contributed by atoms with Crippen LogP contribution in [0.15, 0.2) is 18.2 Å². The molecule has 1 aromatic carbocycles. The van der Waals surface area contributed by atoms with Gasteiger partial charge in [-0.05, 0) is 64.3 Å². The summed E-state index contributed by atoms with van der Waals surface area (Å²) >= 11 is 0. The molecule has 2 amide bonds. The summed E-state index contributed by atoms with van der Waals surface area (Å²) in [6.45, 7) is 9.83. The predicted molar refractivity (Wildman–Crippen MR) is 88.0 cm³/mol. The Morgan fingerprint density at radius 3 is 2.23 bits per heavy atom. The molecule has 2 N–H and O–H groups in total. The lowest BCUT2D eigenvalue weighted by molar-refractivity contribution is -0.116. The van der Waals surface area contributed by atoms with Gasteiger partial charge in [-0.15, -0.1) is 0 Å². The highest BCUT2D eigenvalue weighted by Gasteiger charge is 2.15. The third-order valence-electron chi connectivity index (χ3n) is 2.75. The summed E-state index contributed by atoms with van der Waals surface area (Å²) < 4.78 is 5.12. The molecule has 0 bridgehead atoms. The van der Waals surface area contributed by atoms with E-state index in [2.05, 4.69) is 16.7 Å². The van der Waals surface area contributed by atoms with Gasteiger partial charge in [0.15, 0.2) is 0 Å². The number of alkyl carbamates (subject to hydrolysis) is 1. The number of aryl methyl sites for hydroxylation is 2. The van der Waals surface area contributed by atoms with E-state index in [4.69, 9.17) is 4.74 Å². The largest absolute Gasteiger partial charge is 0.444 e. The lowest BCUT2D eigenvalue weighted by Gasteiger charge is -2.19. The van der Waals surface area contributed by atoms with E-state index in [9.17, 15) is 9.59 Å². The second-order valence-electron chi connectivity index (χ2n) is 6.46. The minimum Gasteiger partial charge on any atom is -0.444 e. The van der Waals surface area contributed by atoms with Crippen molar-refractivity contribution in [2.75, 3.05) is 11.9 Å². The Labute approximate surface area is 132 Å². The van der Waals surface area contributed by atoms with Crippen molar-refractivity contribution in [1.82, 2.24) is 5.32 Å². The topological polar surface area (TPSA) is 67.4 Å². The molecule has 0 unspecified atom stereocenters. The molecule has 0 atom stereocenters. The highest BCUT2D eigenvalue weighted by atomic mass is 16.6. The molecule has 0 aliphatic carbocycles. The normalized spacial score (nSPS) is 11.0. The first-order valence-corrected chi connectivity index (χ1v) is 7.51. The van der Waals surface area contributed by atoms with Crippen LogP contribution in [-0.4, -0.2) is 24.1 Å². The molecule has 0 aliphatic rings. The average molecular weight is 306 g/mol. The van der Waals surface area contributed by atoms with E-state index in [1.165, 1.54) is 0 Å². The van der Waals surface area contributed by atoms with E-state index in [1.54, 1.807) is 0 Å². The highest BCUT2D eigenvalue weighted by molar-refractivity contribution is 5.90. The minimum absolute atomic E-state index is 0.0593. The zero-order valence-corrected chi connectivity index (χ0v) is 14.1. The molecule has 5 nitrogen and oxygen atoms in total. The molecule has 22 heavy (non-hydrogen) atoms. The molecule has 5 heteroatoms. The van der Waals surface area contributed by atoms with Crippen LogP contribution in [0.2, 0.25) is 0 Å². The van der Waals surface area contributed by atoms with Crippen LogP contribution in [-0.2, 0) is 9.53 Å². The quantitative estimate of drug-likeness (QED) is 0.818. The van der Waals surface area contributed by atoms with E-state index in [0.717, 1.165) is 16.8 Å². The molecular formula is C17H26N2O3. The molecule has 0 fully saturated rings. The SMILES string of the molecule is Cc1cc(C)cc(NC(=O)CCCNC(=O)OC(C)(C)C)c1. The number of nitrogens with one attached hydrogen (secondary N) is 2. The van der Waals surface area contributed by atoms with Crippen LogP contribution >= 0.6 is 0 Å². The van der Waals surface area contributed by atoms with Gasteiger partial charge in [0.25, 0.3) is 0 Å². The number of anilines is 1. The average Bonchev–Trinajstić information content (AvgIpc) is 2.31. The Hall–Kier alpha value is -2.04. The van der Waals surface area contributed by atoms with Crippen molar-refractivity contribution in [3.05, 3.63) is 29.3 Å². The standard InChI is InChI=1S/C17H26N2O3/c1-12-9-13(2)11-14(10-12)19-15(20)7-6-8-18-16(21)22-17(3,4)5/h9-11H,6-8H2,1-5H3,(H,18,21)(H,19,20). The number of benzene rings is 1. The van der Waals surface area contributed by atoms with Gasteiger partial charge in [0.05, 0.1) is 0 Å². The molecule has 0 spiro atoms. The number of ether oxygens (including phenoxy) is 1. The maximum Gasteiger partial charge on any atom is 0.407 e. The summed E-state index contributed by atoms with van der Waals surface area (Å²) in [5.41, 5.74) is 2.52. The fourth-order valence-electron chi connectivity index (χ4n) is 2.02. The Kier molecular flexibility index (Phi) is 6.40. The smallest absolute Gasteiger partial charge is 0.407 e. The lowest BCUT2D eigenvalue weighted by Crippen LogP contribution is -2.33. The van der Waals surface area contributed by atoms with Gasteiger partial charge in [-0.1, -0.05) is 6.07 Å². The molecule has 0 heterocycles. The zero-order chi connectivity index (χ0) is 16.8. The number of carbonyl (C=O) groups excluding carboxylic acids is 2. The third-order valence-corrected chi connectivity index (χ3v) is 2.75. The summed E-state index contributed by atoms with van der Waals surface area (Å²) in [6, 6.07) is 5.92. The van der Waals surface area contributed by atoms with Crippen molar-refractivity contribution in [3.8, 4) is 0 Å². The van der Waals surface area contributed by atoms with Gasteiger partial charge >= 0.3 is 6.09 Å². The van der Waals surface area contributed by atoms with Crippen molar-refractivity contribution >= 4 is 17.7 Å². The summed E-state index contributed by atoms with van der Waals surface area (Å²) in [5, 5.41) is 5.50. The number of carbonyl (C=O) groups is 2. The molecule has 1 aromatic rings. The van der Waals surface area contributed by atoms with Gasteiger partial charge in [-0.25, -0.2) is 4.79 Å². The van der Waals surface area contributed by atoms with E-state index in [0.29, 0.717) is 19.4 Å². The number of rotatable bonds is 5. The van der Waals surface area contributed by atoms with Crippen molar-refractivity contribution in [1.29, 1.82) is 0 Å². The molecule has 1 rings (SSSR count). The fraction of sp³-hybridized carbons (Fsp3) is 0.529. The van der Waals surface area contributed by atoms with Crippen molar-refractivity contribution < 1.29 is 14.3 Å². The molecule has 0 aromatic heterocycles. The third kappa shape index (κ3) is 7.67. The second-order valence-corrected chi connectivity index (χ2v) is 6.46. The van der Waals surface area contributed by atoms with Gasteiger partial charge in [-0.2, -0.15) is 0 Å². The number of amides is 2. The minimum atomic E-state index is -0.509. The van der Waals surface area contributed by atoms with Crippen molar-refractivity contribution in [2.45, 2.75) is 53.1 Å². The Bertz CT molecular complexity index is 513. The van der Waals surface area contributed by atoms with Crippen LogP contribution in [0.3, 0.4) is 0 Å². The van der Waals surface area contributed by atoms with E-state index < -0.39 is 11.7 Å². The van der Waals surface area contributed by atoms with E-state index in [1.807, 2.05) is 46.8 Å². The lowest BCUT2D eigenvalue weighted by atomic mass is 10.1. The Morgan fingerprint density at radius 2 is 1.68 bits per heavy atom. The number of hydrogen-bond acceptors (Lipinski definition) is 3. The molecule has 0 saturated heterocycles. The Morgan fingerprint density at radius 1 is 1.09 bits per heavy atom. The molecule has 0 aliphatic heterocycles.